The molecule has 0 radical (unpaired) electrons. The number of carbonyl (C=O) groups excluding carboxylic acids is 1. The number of ether oxygens (including phenoxy) is 1. The summed E-state index contributed by atoms with van der Waals surface area (Å²) in [4.78, 5) is 10.2. The Bertz CT molecular complexity index is 78.6. The standard InChI is InChI=1S/C6H12O2/c1-4-5(2)8-6(3)7/h5H,4H2,1-3H3/t5-/m0/s1. The minimum atomic E-state index is -0.195. The van der Waals surface area contributed by atoms with Gasteiger partial charge in [0.15, 0.2) is 0 Å². The fourth-order valence-corrected chi connectivity index (χ4v) is 0.367. The second-order valence-corrected chi connectivity index (χ2v) is 1.83. The zero-order valence-electron chi connectivity index (χ0n) is 5.60. The summed E-state index contributed by atoms with van der Waals surface area (Å²) in [5, 5.41) is 0. The monoisotopic (exact) mass is 116 g/mol. The molecule has 0 aromatic carbocycles. The Hall–Kier alpha value is -0.530. The molecule has 0 aromatic heterocycles. The molecule has 0 unspecified atom stereocenters. The first-order valence-corrected chi connectivity index (χ1v) is 2.84. The van der Waals surface area contributed by atoms with Crippen LogP contribution in [0.25, 0.3) is 0 Å². The van der Waals surface area contributed by atoms with Gasteiger partial charge in [-0.1, -0.05) is 6.92 Å². The molecule has 0 spiro atoms. The van der Waals surface area contributed by atoms with E-state index in [2.05, 4.69) is 0 Å². The van der Waals surface area contributed by atoms with E-state index >= 15 is 0 Å². The minimum absolute atomic E-state index is 0.0764. The van der Waals surface area contributed by atoms with Crippen molar-refractivity contribution in [2.75, 3.05) is 0 Å². The summed E-state index contributed by atoms with van der Waals surface area (Å²) in [6, 6.07) is 0. The lowest BCUT2D eigenvalue weighted by atomic mass is 10.3. The highest BCUT2D eigenvalue weighted by Gasteiger charge is 1.99. The first-order valence-electron chi connectivity index (χ1n) is 2.84. The van der Waals surface area contributed by atoms with E-state index in [0.717, 1.165) is 6.42 Å². The molecule has 0 fully saturated rings. The lowest BCUT2D eigenvalue weighted by Crippen LogP contribution is -2.09. The van der Waals surface area contributed by atoms with Crippen LogP contribution < -0.4 is 0 Å². The van der Waals surface area contributed by atoms with Crippen molar-refractivity contribution in [1.29, 1.82) is 0 Å². The molecule has 0 aliphatic rings. The van der Waals surface area contributed by atoms with Gasteiger partial charge in [-0.2, -0.15) is 0 Å². The van der Waals surface area contributed by atoms with Crippen LogP contribution >= 0.6 is 0 Å². The molecule has 0 N–H and O–H groups in total. The van der Waals surface area contributed by atoms with Crippen molar-refractivity contribution in [3.05, 3.63) is 0 Å². The van der Waals surface area contributed by atoms with E-state index in [-0.39, 0.29) is 12.1 Å². The maximum atomic E-state index is 10.2. The molecule has 0 bridgehead atoms. The molecule has 8 heavy (non-hydrogen) atoms. The Morgan fingerprint density at radius 3 is 2.38 bits per heavy atom. The van der Waals surface area contributed by atoms with Crippen LogP contribution in [0.2, 0.25) is 0 Å². The van der Waals surface area contributed by atoms with Crippen molar-refractivity contribution in [3.8, 4) is 0 Å². The molecule has 0 aromatic rings. The average molecular weight is 116 g/mol. The fraction of sp³-hybridized carbons (Fsp3) is 0.833. The van der Waals surface area contributed by atoms with Crippen LogP contribution in [0.3, 0.4) is 0 Å². The number of hydrogen-bond donors (Lipinski definition) is 0. The third-order valence-corrected chi connectivity index (χ3v) is 0.942. The molecule has 48 valence electrons. The Balaban J connectivity index is 3.24. The fourth-order valence-electron chi connectivity index (χ4n) is 0.367. The Morgan fingerprint density at radius 1 is 1.75 bits per heavy atom. The van der Waals surface area contributed by atoms with Gasteiger partial charge in [-0.05, 0) is 13.3 Å². The maximum Gasteiger partial charge on any atom is 0.302 e. The third-order valence-electron chi connectivity index (χ3n) is 0.942. The number of hydrogen-bond acceptors (Lipinski definition) is 2. The van der Waals surface area contributed by atoms with Crippen molar-refractivity contribution < 1.29 is 9.53 Å². The van der Waals surface area contributed by atoms with Crippen molar-refractivity contribution >= 4 is 5.97 Å². The van der Waals surface area contributed by atoms with Crippen molar-refractivity contribution in [2.45, 2.75) is 33.3 Å². The summed E-state index contributed by atoms with van der Waals surface area (Å²) in [5.41, 5.74) is 0. The molecular formula is C6H12O2. The first-order chi connectivity index (χ1) is 3.66. The smallest absolute Gasteiger partial charge is 0.302 e. The van der Waals surface area contributed by atoms with Gasteiger partial charge in [0.2, 0.25) is 0 Å². The van der Waals surface area contributed by atoms with Gasteiger partial charge >= 0.3 is 5.97 Å². The van der Waals surface area contributed by atoms with Crippen LogP contribution in [0, 0.1) is 0 Å². The summed E-state index contributed by atoms with van der Waals surface area (Å²) in [6.45, 7) is 5.28. The van der Waals surface area contributed by atoms with E-state index < -0.39 is 0 Å². The van der Waals surface area contributed by atoms with Gasteiger partial charge in [-0.3, -0.25) is 4.79 Å². The van der Waals surface area contributed by atoms with Crippen molar-refractivity contribution in [1.82, 2.24) is 0 Å². The van der Waals surface area contributed by atoms with Gasteiger partial charge in [-0.25, -0.2) is 0 Å². The van der Waals surface area contributed by atoms with Gasteiger partial charge in [0.05, 0.1) is 6.10 Å². The minimum Gasteiger partial charge on any atom is -0.463 e. The summed E-state index contributed by atoms with van der Waals surface area (Å²) < 4.78 is 4.76. The largest absolute Gasteiger partial charge is 0.463 e. The van der Waals surface area contributed by atoms with Crippen molar-refractivity contribution in [2.24, 2.45) is 0 Å². The summed E-state index contributed by atoms with van der Waals surface area (Å²) in [7, 11) is 0. The molecule has 0 saturated carbocycles. The average Bonchev–Trinajstić information content (AvgIpc) is 1.65. The van der Waals surface area contributed by atoms with E-state index in [9.17, 15) is 4.79 Å². The van der Waals surface area contributed by atoms with Gasteiger partial charge in [0.1, 0.15) is 0 Å². The molecule has 0 rings (SSSR count). The number of carbonyl (C=O) groups is 1. The maximum absolute atomic E-state index is 10.2. The normalized spacial score (nSPS) is 12.9. The number of rotatable bonds is 2. The molecule has 0 amide bonds. The van der Waals surface area contributed by atoms with E-state index in [1.807, 2.05) is 13.8 Å². The van der Waals surface area contributed by atoms with Crippen LogP contribution in [-0.4, -0.2) is 12.1 Å². The van der Waals surface area contributed by atoms with E-state index in [4.69, 9.17) is 4.74 Å². The molecule has 0 heterocycles. The first kappa shape index (κ1) is 7.47. The van der Waals surface area contributed by atoms with Gasteiger partial charge in [0, 0.05) is 6.92 Å². The van der Waals surface area contributed by atoms with Crippen LogP contribution in [0.5, 0.6) is 0 Å². The van der Waals surface area contributed by atoms with Crippen LogP contribution in [0.4, 0.5) is 0 Å². The van der Waals surface area contributed by atoms with E-state index in [1.54, 1.807) is 0 Å². The highest BCUT2D eigenvalue weighted by molar-refractivity contribution is 5.66. The Labute approximate surface area is 49.8 Å². The summed E-state index contributed by atoms with van der Waals surface area (Å²) in [6.07, 6.45) is 0.965. The van der Waals surface area contributed by atoms with E-state index in [0.29, 0.717) is 0 Å². The predicted molar refractivity (Wildman–Crippen MR) is 31.5 cm³/mol. The Kier molecular flexibility index (Phi) is 3.24. The number of esters is 1. The third kappa shape index (κ3) is 3.65. The molecule has 2 nitrogen and oxygen atoms in total. The van der Waals surface area contributed by atoms with Gasteiger partial charge < -0.3 is 4.74 Å². The quantitative estimate of drug-likeness (QED) is 0.509. The summed E-state index contributed by atoms with van der Waals surface area (Å²) in [5.74, 6) is -0.195. The SMILES string of the molecule is CC[C@H](C)OC(C)=O. The van der Waals surface area contributed by atoms with Gasteiger partial charge in [0.25, 0.3) is 0 Å². The second-order valence-electron chi connectivity index (χ2n) is 1.83. The lowest BCUT2D eigenvalue weighted by molar-refractivity contribution is -0.145. The molecule has 0 aliphatic carbocycles. The topological polar surface area (TPSA) is 26.3 Å². The Morgan fingerprint density at radius 2 is 2.25 bits per heavy atom. The highest BCUT2D eigenvalue weighted by Crippen LogP contribution is 1.94. The zero-order chi connectivity index (χ0) is 6.57. The molecular weight excluding hydrogens is 104 g/mol. The van der Waals surface area contributed by atoms with Crippen LogP contribution in [0.1, 0.15) is 27.2 Å². The molecule has 0 saturated heterocycles. The summed E-state index contributed by atoms with van der Waals surface area (Å²) >= 11 is 0. The molecule has 2 heteroatoms. The lowest BCUT2D eigenvalue weighted by Gasteiger charge is -2.06. The molecule has 0 aliphatic heterocycles. The van der Waals surface area contributed by atoms with Crippen LogP contribution in [-0.2, 0) is 9.53 Å². The molecule has 1 atom stereocenters. The highest BCUT2D eigenvalue weighted by atomic mass is 16.5. The predicted octanol–water partition coefficient (Wildman–Crippen LogP) is 1.35. The zero-order valence-corrected chi connectivity index (χ0v) is 5.60. The van der Waals surface area contributed by atoms with Crippen LogP contribution in [0.15, 0.2) is 0 Å². The van der Waals surface area contributed by atoms with Gasteiger partial charge in [-0.15, -0.1) is 0 Å². The van der Waals surface area contributed by atoms with E-state index in [1.165, 1.54) is 6.92 Å². The van der Waals surface area contributed by atoms with Crippen molar-refractivity contribution in [3.63, 3.8) is 0 Å². The second kappa shape index (κ2) is 3.47.